The molecule has 2 atom stereocenters. The third-order valence-corrected chi connectivity index (χ3v) is 2.19. The van der Waals surface area contributed by atoms with Crippen molar-refractivity contribution in [2.45, 2.75) is 26.1 Å². The minimum atomic E-state index is -0.352. The minimum absolute atomic E-state index is 0.352. The van der Waals surface area contributed by atoms with Crippen molar-refractivity contribution in [1.29, 1.82) is 0 Å². The Kier molecular flexibility index (Phi) is 4.03. The summed E-state index contributed by atoms with van der Waals surface area (Å²) in [7, 11) is 0. The molecule has 0 aliphatic carbocycles. The smallest absolute Gasteiger partial charge is 0.115 e. The van der Waals surface area contributed by atoms with Crippen LogP contribution in [0.4, 0.5) is 0 Å². The SMILES string of the molecule is CC(OO)c1ccc(C(C)OO)cc1. The molecule has 1 aromatic rings. The standard InChI is InChI=1S/C10H14O4/c1-7(13-11)9-3-5-10(6-4-9)8(2)14-12/h3-8,11-12H,1-2H3. The maximum atomic E-state index is 8.45. The molecule has 0 heterocycles. The fourth-order valence-corrected chi connectivity index (χ4v) is 1.16. The van der Waals surface area contributed by atoms with Crippen LogP contribution >= 0.6 is 0 Å². The van der Waals surface area contributed by atoms with E-state index in [2.05, 4.69) is 9.78 Å². The Hall–Kier alpha value is -0.940. The van der Waals surface area contributed by atoms with Crippen LogP contribution < -0.4 is 0 Å². The summed E-state index contributed by atoms with van der Waals surface area (Å²) in [5.41, 5.74) is 1.72. The van der Waals surface area contributed by atoms with Crippen molar-refractivity contribution in [3.05, 3.63) is 35.4 Å². The lowest BCUT2D eigenvalue weighted by molar-refractivity contribution is -0.277. The highest BCUT2D eigenvalue weighted by Gasteiger charge is 2.08. The Morgan fingerprint density at radius 3 is 1.36 bits per heavy atom. The molecule has 78 valence electrons. The van der Waals surface area contributed by atoms with Crippen LogP contribution in [0.15, 0.2) is 24.3 Å². The molecule has 0 fully saturated rings. The Labute approximate surface area is 82.6 Å². The second-order valence-corrected chi connectivity index (χ2v) is 3.16. The quantitative estimate of drug-likeness (QED) is 0.577. The zero-order valence-electron chi connectivity index (χ0n) is 8.18. The van der Waals surface area contributed by atoms with Crippen LogP contribution in [0, 0.1) is 0 Å². The van der Waals surface area contributed by atoms with E-state index >= 15 is 0 Å². The topological polar surface area (TPSA) is 58.9 Å². The van der Waals surface area contributed by atoms with Gasteiger partial charge in [0, 0.05) is 0 Å². The monoisotopic (exact) mass is 198 g/mol. The molecule has 0 aromatic heterocycles. The first-order valence-electron chi connectivity index (χ1n) is 4.39. The average molecular weight is 198 g/mol. The molecule has 1 aromatic carbocycles. The zero-order valence-corrected chi connectivity index (χ0v) is 8.18. The van der Waals surface area contributed by atoms with Crippen LogP contribution in [-0.2, 0) is 9.78 Å². The lowest BCUT2D eigenvalue weighted by Crippen LogP contribution is -1.99. The third-order valence-electron chi connectivity index (χ3n) is 2.19. The first-order valence-corrected chi connectivity index (χ1v) is 4.39. The summed E-state index contributed by atoms with van der Waals surface area (Å²) >= 11 is 0. The van der Waals surface area contributed by atoms with Crippen LogP contribution in [0.1, 0.15) is 37.2 Å². The molecule has 2 unspecified atom stereocenters. The highest BCUT2D eigenvalue weighted by molar-refractivity contribution is 5.25. The van der Waals surface area contributed by atoms with Crippen LogP contribution in [0.25, 0.3) is 0 Å². The number of benzene rings is 1. The Morgan fingerprint density at radius 2 is 1.14 bits per heavy atom. The van der Waals surface area contributed by atoms with Crippen LogP contribution in [0.5, 0.6) is 0 Å². The van der Waals surface area contributed by atoms with E-state index in [0.717, 1.165) is 11.1 Å². The fourth-order valence-electron chi connectivity index (χ4n) is 1.16. The summed E-state index contributed by atoms with van der Waals surface area (Å²) in [6.45, 7) is 3.47. The summed E-state index contributed by atoms with van der Waals surface area (Å²) in [6, 6.07) is 7.24. The van der Waals surface area contributed by atoms with Crippen molar-refractivity contribution in [1.82, 2.24) is 0 Å². The van der Waals surface area contributed by atoms with Gasteiger partial charge in [-0.15, -0.1) is 0 Å². The predicted molar refractivity (Wildman–Crippen MR) is 50.7 cm³/mol. The Balaban J connectivity index is 2.78. The molecule has 2 N–H and O–H groups in total. The summed E-state index contributed by atoms with van der Waals surface area (Å²) in [5.74, 6) is 0. The molecule has 0 bridgehead atoms. The number of hydrogen-bond acceptors (Lipinski definition) is 4. The molecule has 0 spiro atoms. The fraction of sp³-hybridized carbons (Fsp3) is 0.400. The summed E-state index contributed by atoms with van der Waals surface area (Å²) in [6.07, 6.45) is -0.705. The molecule has 0 saturated carbocycles. The van der Waals surface area contributed by atoms with Crippen molar-refractivity contribution >= 4 is 0 Å². The van der Waals surface area contributed by atoms with E-state index in [9.17, 15) is 0 Å². The van der Waals surface area contributed by atoms with Gasteiger partial charge in [-0.3, -0.25) is 10.5 Å². The van der Waals surface area contributed by atoms with Crippen molar-refractivity contribution in [2.24, 2.45) is 0 Å². The van der Waals surface area contributed by atoms with Gasteiger partial charge in [0.05, 0.1) is 0 Å². The van der Waals surface area contributed by atoms with E-state index in [4.69, 9.17) is 10.5 Å². The average Bonchev–Trinajstić information content (AvgIpc) is 2.27. The maximum Gasteiger partial charge on any atom is 0.115 e. The minimum Gasteiger partial charge on any atom is -0.251 e. The van der Waals surface area contributed by atoms with Gasteiger partial charge in [0.25, 0.3) is 0 Å². The van der Waals surface area contributed by atoms with E-state index < -0.39 is 0 Å². The molecule has 4 heteroatoms. The van der Waals surface area contributed by atoms with E-state index in [1.54, 1.807) is 13.8 Å². The molecular weight excluding hydrogens is 184 g/mol. The summed E-state index contributed by atoms with van der Waals surface area (Å²) in [5, 5.41) is 16.9. The summed E-state index contributed by atoms with van der Waals surface area (Å²) in [4.78, 5) is 8.36. The zero-order chi connectivity index (χ0) is 10.6. The Bertz CT molecular complexity index is 241. The van der Waals surface area contributed by atoms with E-state index in [0.29, 0.717) is 0 Å². The molecule has 0 amide bonds. The van der Waals surface area contributed by atoms with Crippen molar-refractivity contribution in [3.63, 3.8) is 0 Å². The predicted octanol–water partition coefficient (Wildman–Crippen LogP) is 2.79. The van der Waals surface area contributed by atoms with Gasteiger partial charge in [0.15, 0.2) is 0 Å². The highest BCUT2D eigenvalue weighted by Crippen LogP contribution is 2.20. The Morgan fingerprint density at radius 1 is 0.857 bits per heavy atom. The molecule has 1 rings (SSSR count). The van der Waals surface area contributed by atoms with Gasteiger partial charge in [0.2, 0.25) is 0 Å². The van der Waals surface area contributed by atoms with Crippen molar-refractivity contribution in [2.75, 3.05) is 0 Å². The molecular formula is C10H14O4. The number of hydrogen-bond donors (Lipinski definition) is 2. The molecule has 0 radical (unpaired) electrons. The van der Waals surface area contributed by atoms with Crippen LogP contribution in [0.3, 0.4) is 0 Å². The number of rotatable bonds is 4. The molecule has 14 heavy (non-hydrogen) atoms. The molecule has 0 aliphatic heterocycles. The van der Waals surface area contributed by atoms with Gasteiger partial charge in [-0.2, -0.15) is 0 Å². The van der Waals surface area contributed by atoms with Crippen molar-refractivity contribution < 1.29 is 20.3 Å². The largest absolute Gasteiger partial charge is 0.251 e. The molecule has 4 nitrogen and oxygen atoms in total. The highest BCUT2D eigenvalue weighted by atomic mass is 17.1. The first-order chi connectivity index (χ1) is 6.69. The molecule has 0 aliphatic rings. The van der Waals surface area contributed by atoms with Gasteiger partial charge in [-0.25, -0.2) is 9.78 Å². The normalized spacial score (nSPS) is 15.1. The van der Waals surface area contributed by atoms with E-state index in [-0.39, 0.29) is 12.2 Å². The lowest BCUT2D eigenvalue weighted by Gasteiger charge is -2.11. The van der Waals surface area contributed by atoms with E-state index in [1.165, 1.54) is 0 Å². The summed E-state index contributed by atoms with van der Waals surface area (Å²) < 4.78 is 0. The van der Waals surface area contributed by atoms with Crippen LogP contribution in [-0.4, -0.2) is 10.5 Å². The van der Waals surface area contributed by atoms with Crippen molar-refractivity contribution in [3.8, 4) is 0 Å². The third kappa shape index (κ3) is 2.52. The lowest BCUT2D eigenvalue weighted by atomic mass is 10.1. The maximum absolute atomic E-state index is 8.45. The first kappa shape index (κ1) is 11.1. The van der Waals surface area contributed by atoms with Crippen LogP contribution in [0.2, 0.25) is 0 Å². The van der Waals surface area contributed by atoms with Gasteiger partial charge >= 0.3 is 0 Å². The molecule has 0 saturated heterocycles. The second kappa shape index (κ2) is 5.07. The van der Waals surface area contributed by atoms with Gasteiger partial charge in [0.1, 0.15) is 12.2 Å². The van der Waals surface area contributed by atoms with Gasteiger partial charge in [-0.1, -0.05) is 24.3 Å². The van der Waals surface area contributed by atoms with E-state index in [1.807, 2.05) is 24.3 Å². The van der Waals surface area contributed by atoms with Gasteiger partial charge in [-0.05, 0) is 25.0 Å². The van der Waals surface area contributed by atoms with Gasteiger partial charge < -0.3 is 0 Å². The second-order valence-electron chi connectivity index (χ2n) is 3.16.